The van der Waals surface area contributed by atoms with E-state index in [1.807, 2.05) is 0 Å². The zero-order chi connectivity index (χ0) is 13.1. The van der Waals surface area contributed by atoms with E-state index in [9.17, 15) is 9.18 Å². The van der Waals surface area contributed by atoms with Crippen molar-refractivity contribution in [3.8, 4) is 0 Å². The van der Waals surface area contributed by atoms with E-state index in [4.69, 9.17) is 11.6 Å². The molecule has 0 bridgehead atoms. The number of carbonyl (C=O) groups excluding carboxylic acids is 1. The molecule has 0 aliphatic heterocycles. The molecular formula is C12H9ClFN3O. The Balaban J connectivity index is 2.18. The van der Waals surface area contributed by atoms with Gasteiger partial charge in [-0.25, -0.2) is 4.39 Å². The van der Waals surface area contributed by atoms with Crippen molar-refractivity contribution in [1.29, 1.82) is 0 Å². The maximum absolute atomic E-state index is 13.1. The van der Waals surface area contributed by atoms with Gasteiger partial charge in [-0.1, -0.05) is 11.6 Å². The predicted octanol–water partition coefficient (Wildman–Crippen LogP) is 2.83. The number of benzene rings is 1. The summed E-state index contributed by atoms with van der Waals surface area (Å²) in [4.78, 5) is 11.8. The van der Waals surface area contributed by atoms with Crippen LogP contribution in [-0.4, -0.2) is 16.1 Å². The van der Waals surface area contributed by atoms with Crippen LogP contribution in [0.5, 0.6) is 0 Å². The Morgan fingerprint density at radius 2 is 2.06 bits per heavy atom. The Labute approximate surface area is 108 Å². The fourth-order valence-corrected chi connectivity index (χ4v) is 1.54. The molecule has 1 heterocycles. The molecule has 1 N–H and O–H groups in total. The molecule has 0 unspecified atom stereocenters. The molecule has 0 radical (unpaired) electrons. The van der Waals surface area contributed by atoms with E-state index in [1.54, 1.807) is 13.0 Å². The van der Waals surface area contributed by atoms with E-state index >= 15 is 0 Å². The highest BCUT2D eigenvalue weighted by Crippen LogP contribution is 2.14. The molecule has 0 aliphatic carbocycles. The molecular weight excluding hydrogens is 257 g/mol. The summed E-state index contributed by atoms with van der Waals surface area (Å²) in [5.41, 5.74) is 1.20. The molecule has 6 heteroatoms. The number of nitrogens with zero attached hydrogens (tertiary/aromatic N) is 2. The van der Waals surface area contributed by atoms with Crippen LogP contribution in [0.3, 0.4) is 0 Å². The molecule has 4 nitrogen and oxygen atoms in total. The summed E-state index contributed by atoms with van der Waals surface area (Å²) in [6.45, 7) is 1.74. The summed E-state index contributed by atoms with van der Waals surface area (Å²) in [6.07, 6.45) is 0. The van der Waals surface area contributed by atoms with Crippen molar-refractivity contribution < 1.29 is 9.18 Å². The van der Waals surface area contributed by atoms with Crippen molar-refractivity contribution in [2.24, 2.45) is 0 Å². The summed E-state index contributed by atoms with van der Waals surface area (Å²) in [5, 5.41) is 9.93. The first-order chi connectivity index (χ1) is 8.54. The van der Waals surface area contributed by atoms with E-state index in [2.05, 4.69) is 15.5 Å². The van der Waals surface area contributed by atoms with Crippen LogP contribution in [0, 0.1) is 12.7 Å². The minimum absolute atomic E-state index is 0.112. The zero-order valence-corrected chi connectivity index (χ0v) is 10.2. The number of amides is 1. The van der Waals surface area contributed by atoms with Crippen molar-refractivity contribution in [2.45, 2.75) is 6.92 Å². The van der Waals surface area contributed by atoms with Crippen LogP contribution >= 0.6 is 11.6 Å². The Kier molecular flexibility index (Phi) is 3.53. The molecule has 2 rings (SSSR count). The number of aromatic nitrogens is 2. The maximum Gasteiger partial charge on any atom is 0.276 e. The van der Waals surface area contributed by atoms with Crippen molar-refractivity contribution in [2.75, 3.05) is 5.32 Å². The molecule has 0 saturated carbocycles. The topological polar surface area (TPSA) is 54.9 Å². The van der Waals surface area contributed by atoms with Crippen molar-refractivity contribution in [3.05, 3.63) is 52.6 Å². The molecule has 1 aromatic heterocycles. The maximum atomic E-state index is 13.1. The molecule has 2 aromatic rings. The molecule has 1 amide bonds. The lowest BCUT2D eigenvalue weighted by atomic mass is 10.2. The quantitative estimate of drug-likeness (QED) is 0.908. The molecule has 0 spiro atoms. The summed E-state index contributed by atoms with van der Waals surface area (Å²) < 4.78 is 13.1. The van der Waals surface area contributed by atoms with Crippen molar-refractivity contribution >= 4 is 23.2 Å². The first-order valence-corrected chi connectivity index (χ1v) is 5.50. The van der Waals surface area contributed by atoms with Gasteiger partial charge in [0.15, 0.2) is 10.8 Å². The van der Waals surface area contributed by atoms with E-state index in [0.29, 0.717) is 11.3 Å². The van der Waals surface area contributed by atoms with Crippen LogP contribution in [0.25, 0.3) is 0 Å². The summed E-state index contributed by atoms with van der Waals surface area (Å²) in [7, 11) is 0. The van der Waals surface area contributed by atoms with Gasteiger partial charge >= 0.3 is 0 Å². The molecule has 0 saturated heterocycles. The number of carbonyl (C=O) groups is 1. The summed E-state index contributed by atoms with van der Waals surface area (Å²) >= 11 is 5.56. The lowest BCUT2D eigenvalue weighted by molar-refractivity contribution is 0.102. The van der Waals surface area contributed by atoms with Gasteiger partial charge in [0.25, 0.3) is 5.91 Å². The van der Waals surface area contributed by atoms with Crippen molar-refractivity contribution in [1.82, 2.24) is 10.2 Å². The van der Waals surface area contributed by atoms with Gasteiger partial charge in [-0.05, 0) is 42.8 Å². The van der Waals surface area contributed by atoms with E-state index < -0.39 is 11.7 Å². The Bertz CT molecular complexity index is 566. The number of anilines is 1. The smallest absolute Gasteiger partial charge is 0.276 e. The van der Waals surface area contributed by atoms with E-state index in [-0.39, 0.29) is 10.8 Å². The first kappa shape index (κ1) is 12.4. The second-order valence-corrected chi connectivity index (χ2v) is 4.10. The van der Waals surface area contributed by atoms with Gasteiger partial charge in [-0.2, -0.15) is 0 Å². The highest BCUT2D eigenvalue weighted by molar-refractivity contribution is 6.29. The number of aryl methyl sites for hydroxylation is 1. The van der Waals surface area contributed by atoms with E-state index in [1.165, 1.54) is 24.3 Å². The number of rotatable bonds is 2. The monoisotopic (exact) mass is 265 g/mol. The van der Waals surface area contributed by atoms with Crippen LogP contribution in [0.4, 0.5) is 10.1 Å². The van der Waals surface area contributed by atoms with Crippen LogP contribution in [0.1, 0.15) is 16.1 Å². The first-order valence-electron chi connectivity index (χ1n) is 5.12. The minimum Gasteiger partial charge on any atom is -0.320 e. The summed E-state index contributed by atoms with van der Waals surface area (Å²) in [5.74, 6) is -0.878. The normalized spacial score (nSPS) is 10.2. The highest BCUT2D eigenvalue weighted by Gasteiger charge is 2.09. The van der Waals surface area contributed by atoms with Crippen LogP contribution < -0.4 is 5.32 Å². The molecule has 0 fully saturated rings. The fourth-order valence-electron chi connectivity index (χ4n) is 1.44. The highest BCUT2D eigenvalue weighted by atomic mass is 35.5. The Morgan fingerprint density at radius 3 is 2.67 bits per heavy atom. The van der Waals surface area contributed by atoms with Gasteiger partial charge in [-0.3, -0.25) is 4.79 Å². The van der Waals surface area contributed by atoms with Gasteiger partial charge in [0.1, 0.15) is 5.82 Å². The SMILES string of the molecule is Cc1cc(F)cc(NC(=O)c2ccc(Cl)nn2)c1. The number of hydrogen-bond acceptors (Lipinski definition) is 3. The number of hydrogen-bond donors (Lipinski definition) is 1. The molecule has 0 atom stereocenters. The average molecular weight is 266 g/mol. The second kappa shape index (κ2) is 5.10. The zero-order valence-electron chi connectivity index (χ0n) is 9.45. The third-order valence-corrected chi connectivity index (χ3v) is 2.37. The fraction of sp³-hybridized carbons (Fsp3) is 0.0833. The molecule has 1 aromatic carbocycles. The Morgan fingerprint density at radius 1 is 1.28 bits per heavy atom. The van der Waals surface area contributed by atoms with Gasteiger partial charge in [-0.15, -0.1) is 10.2 Å². The average Bonchev–Trinajstić information content (AvgIpc) is 2.28. The van der Waals surface area contributed by atoms with E-state index in [0.717, 1.165) is 0 Å². The third kappa shape index (κ3) is 3.01. The van der Waals surface area contributed by atoms with Crippen molar-refractivity contribution in [3.63, 3.8) is 0 Å². The van der Waals surface area contributed by atoms with Gasteiger partial charge < -0.3 is 5.32 Å². The van der Waals surface area contributed by atoms with Gasteiger partial charge in [0.05, 0.1) is 0 Å². The lowest BCUT2D eigenvalue weighted by Gasteiger charge is -2.05. The number of nitrogens with one attached hydrogen (secondary N) is 1. The number of halogens is 2. The Hall–Kier alpha value is -2.01. The molecule has 18 heavy (non-hydrogen) atoms. The van der Waals surface area contributed by atoms with Gasteiger partial charge in [0.2, 0.25) is 0 Å². The molecule has 0 aliphatic rings. The van der Waals surface area contributed by atoms with Crippen LogP contribution in [0.2, 0.25) is 5.15 Å². The lowest BCUT2D eigenvalue weighted by Crippen LogP contribution is -2.14. The second-order valence-electron chi connectivity index (χ2n) is 3.71. The summed E-state index contributed by atoms with van der Waals surface area (Å²) in [6, 6.07) is 7.16. The van der Waals surface area contributed by atoms with Crippen LogP contribution in [0.15, 0.2) is 30.3 Å². The van der Waals surface area contributed by atoms with Gasteiger partial charge in [0, 0.05) is 5.69 Å². The minimum atomic E-state index is -0.468. The predicted molar refractivity (Wildman–Crippen MR) is 66.1 cm³/mol. The van der Waals surface area contributed by atoms with Crippen LogP contribution in [-0.2, 0) is 0 Å². The third-order valence-electron chi connectivity index (χ3n) is 2.16. The largest absolute Gasteiger partial charge is 0.320 e. The molecule has 92 valence electrons. The standard InChI is InChI=1S/C12H9ClFN3O/c1-7-4-8(14)6-9(5-7)15-12(18)10-2-3-11(13)17-16-10/h2-6H,1H3,(H,15,18).